The first-order valence-corrected chi connectivity index (χ1v) is 7.94. The highest BCUT2D eigenvalue weighted by molar-refractivity contribution is 7.12. The molecule has 0 aliphatic rings. The number of carbonyl (C=O) groups excluding carboxylic acids is 1. The smallest absolute Gasteiger partial charge is 0.339 e. The Kier molecular flexibility index (Phi) is 5.60. The molecule has 1 aromatic heterocycles. The van der Waals surface area contributed by atoms with E-state index < -0.39 is 12.1 Å². The molecule has 0 saturated carbocycles. The van der Waals surface area contributed by atoms with Gasteiger partial charge in [-0.05, 0) is 42.8 Å². The first kappa shape index (κ1) is 16.5. The van der Waals surface area contributed by atoms with E-state index in [-0.39, 0.29) is 0 Å². The summed E-state index contributed by atoms with van der Waals surface area (Å²) < 4.78 is 0. The van der Waals surface area contributed by atoms with Crippen molar-refractivity contribution in [1.82, 2.24) is 5.06 Å². The molecular weight excluding hydrogens is 320 g/mol. The number of carbonyl (C=O) groups is 1. The van der Waals surface area contributed by atoms with E-state index in [1.54, 1.807) is 24.3 Å². The molecule has 3 N–H and O–H groups in total. The van der Waals surface area contributed by atoms with Crippen LogP contribution >= 0.6 is 22.9 Å². The third-order valence-corrected chi connectivity index (χ3v) is 4.43. The maximum absolute atomic E-state index is 10.8. The average Bonchev–Trinajstić information content (AvgIpc) is 2.94. The number of nitrogens with two attached hydrogens (primary N) is 1. The van der Waals surface area contributed by atoms with Crippen molar-refractivity contribution in [3.8, 4) is 0 Å². The Bertz CT molecular complexity index is 667. The first-order valence-electron chi connectivity index (χ1n) is 6.74. The van der Waals surface area contributed by atoms with Gasteiger partial charge in [-0.1, -0.05) is 29.8 Å². The van der Waals surface area contributed by atoms with Gasteiger partial charge in [0.1, 0.15) is 0 Å². The summed E-state index contributed by atoms with van der Waals surface area (Å²) in [5.41, 5.74) is 6.20. The van der Waals surface area contributed by atoms with Gasteiger partial charge in [-0.25, -0.2) is 4.79 Å². The molecule has 2 amide bonds. The van der Waals surface area contributed by atoms with E-state index in [0.29, 0.717) is 5.06 Å². The minimum absolute atomic E-state index is 0.473. The van der Waals surface area contributed by atoms with Gasteiger partial charge in [0, 0.05) is 21.2 Å². The molecule has 22 heavy (non-hydrogen) atoms. The zero-order valence-electron chi connectivity index (χ0n) is 12.1. The lowest BCUT2D eigenvalue weighted by Crippen LogP contribution is -2.38. The Balaban J connectivity index is 1.99. The number of hydroxylamine groups is 2. The number of primary amides is 1. The van der Waals surface area contributed by atoms with Crippen molar-refractivity contribution in [1.29, 1.82) is 0 Å². The molecule has 0 fully saturated rings. The van der Waals surface area contributed by atoms with Gasteiger partial charge in [-0.3, -0.25) is 5.21 Å². The van der Waals surface area contributed by atoms with E-state index in [1.165, 1.54) is 10.4 Å². The SMILES string of the molecule is CC(C=Cc1ccc(Cc2ccc(Cl)cc2)s1)N(O)C(N)=O. The van der Waals surface area contributed by atoms with Gasteiger partial charge in [0.2, 0.25) is 0 Å². The van der Waals surface area contributed by atoms with Crippen molar-refractivity contribution in [2.75, 3.05) is 0 Å². The third kappa shape index (κ3) is 4.59. The van der Waals surface area contributed by atoms with Gasteiger partial charge in [0.05, 0.1) is 6.04 Å². The number of halogens is 1. The molecule has 1 aromatic carbocycles. The molecule has 0 bridgehead atoms. The van der Waals surface area contributed by atoms with E-state index in [0.717, 1.165) is 16.3 Å². The fourth-order valence-electron chi connectivity index (χ4n) is 1.90. The van der Waals surface area contributed by atoms with Crippen molar-refractivity contribution in [2.24, 2.45) is 5.73 Å². The molecule has 4 nitrogen and oxygen atoms in total. The van der Waals surface area contributed by atoms with Crippen LogP contribution in [-0.2, 0) is 6.42 Å². The predicted molar refractivity (Wildman–Crippen MR) is 90.3 cm³/mol. The number of urea groups is 1. The second kappa shape index (κ2) is 7.45. The normalized spacial score (nSPS) is 12.5. The molecule has 0 saturated heterocycles. The molecule has 116 valence electrons. The highest BCUT2D eigenvalue weighted by Crippen LogP contribution is 2.22. The standard InChI is InChI=1S/C16H17ClN2O2S/c1-11(19(21)16(18)20)2-7-14-8-9-15(22-14)10-12-3-5-13(17)6-4-12/h2-9,11,21H,10H2,1H3,(H2,18,20). The second-order valence-electron chi connectivity index (χ2n) is 4.89. The fourth-order valence-corrected chi connectivity index (χ4v) is 2.99. The van der Waals surface area contributed by atoms with E-state index in [1.807, 2.05) is 36.4 Å². The number of benzene rings is 1. The lowest BCUT2D eigenvalue weighted by Gasteiger charge is -2.16. The van der Waals surface area contributed by atoms with Crippen LogP contribution in [0.15, 0.2) is 42.5 Å². The lowest BCUT2D eigenvalue weighted by molar-refractivity contribution is -0.0560. The van der Waals surface area contributed by atoms with E-state index in [9.17, 15) is 10.0 Å². The lowest BCUT2D eigenvalue weighted by atomic mass is 10.1. The van der Waals surface area contributed by atoms with Crippen molar-refractivity contribution >= 4 is 35.0 Å². The minimum atomic E-state index is -0.869. The van der Waals surface area contributed by atoms with Crippen LogP contribution in [0.5, 0.6) is 0 Å². The van der Waals surface area contributed by atoms with Gasteiger partial charge in [0.25, 0.3) is 0 Å². The molecule has 1 atom stereocenters. The van der Waals surface area contributed by atoms with E-state index in [2.05, 4.69) is 6.07 Å². The molecule has 1 unspecified atom stereocenters. The van der Waals surface area contributed by atoms with Crippen LogP contribution < -0.4 is 5.73 Å². The summed E-state index contributed by atoms with van der Waals surface area (Å²) in [6.45, 7) is 1.68. The summed E-state index contributed by atoms with van der Waals surface area (Å²) in [5, 5.41) is 10.6. The number of nitrogens with zero attached hydrogens (tertiary/aromatic N) is 1. The summed E-state index contributed by atoms with van der Waals surface area (Å²) in [4.78, 5) is 13.1. The highest BCUT2D eigenvalue weighted by atomic mass is 35.5. The summed E-state index contributed by atoms with van der Waals surface area (Å²) in [6, 6.07) is 10.5. The van der Waals surface area contributed by atoms with Crippen molar-refractivity contribution < 1.29 is 10.0 Å². The zero-order valence-corrected chi connectivity index (χ0v) is 13.6. The van der Waals surface area contributed by atoms with Crippen molar-refractivity contribution in [3.05, 3.63) is 62.8 Å². The second-order valence-corrected chi connectivity index (χ2v) is 6.53. The Labute approximate surface area is 138 Å². The Hall–Kier alpha value is -1.82. The molecule has 0 radical (unpaired) electrons. The van der Waals surface area contributed by atoms with Crippen molar-refractivity contribution in [2.45, 2.75) is 19.4 Å². The molecule has 0 aliphatic carbocycles. The molecule has 2 rings (SSSR count). The van der Waals surface area contributed by atoms with Crippen LogP contribution in [0.3, 0.4) is 0 Å². The Morgan fingerprint density at radius 2 is 2.05 bits per heavy atom. The van der Waals surface area contributed by atoms with Gasteiger partial charge in [-0.2, -0.15) is 5.06 Å². The quantitative estimate of drug-likeness (QED) is 0.635. The third-order valence-electron chi connectivity index (χ3n) is 3.12. The maximum atomic E-state index is 10.8. The molecule has 0 aliphatic heterocycles. The minimum Gasteiger partial charge on any atom is -0.350 e. The van der Waals surface area contributed by atoms with E-state index in [4.69, 9.17) is 17.3 Å². The Morgan fingerprint density at radius 3 is 2.68 bits per heavy atom. The average molecular weight is 337 g/mol. The maximum Gasteiger partial charge on any atom is 0.339 e. The zero-order chi connectivity index (χ0) is 16.1. The molecule has 0 spiro atoms. The van der Waals surface area contributed by atoms with Gasteiger partial charge in [0.15, 0.2) is 0 Å². The monoisotopic (exact) mass is 336 g/mol. The van der Waals surface area contributed by atoms with Gasteiger partial charge in [-0.15, -0.1) is 11.3 Å². The largest absolute Gasteiger partial charge is 0.350 e. The van der Waals surface area contributed by atoms with Crippen LogP contribution in [0.25, 0.3) is 6.08 Å². The molecule has 2 aromatic rings. The van der Waals surface area contributed by atoms with Crippen LogP contribution in [0, 0.1) is 0 Å². The summed E-state index contributed by atoms with van der Waals surface area (Å²) in [7, 11) is 0. The van der Waals surface area contributed by atoms with E-state index >= 15 is 0 Å². The molecule has 1 heterocycles. The summed E-state index contributed by atoms with van der Waals surface area (Å²) >= 11 is 7.53. The number of amides is 2. The number of rotatable bonds is 5. The number of hydrogen-bond donors (Lipinski definition) is 2. The van der Waals surface area contributed by atoms with Gasteiger partial charge < -0.3 is 5.73 Å². The van der Waals surface area contributed by atoms with Crippen LogP contribution in [0.1, 0.15) is 22.2 Å². The van der Waals surface area contributed by atoms with Crippen LogP contribution in [-0.4, -0.2) is 22.3 Å². The summed E-state index contributed by atoms with van der Waals surface area (Å²) in [5.74, 6) is 0. The number of hydrogen-bond acceptors (Lipinski definition) is 3. The molecule has 6 heteroatoms. The van der Waals surface area contributed by atoms with Crippen molar-refractivity contribution in [3.63, 3.8) is 0 Å². The first-order chi connectivity index (χ1) is 10.5. The molecular formula is C16H17ClN2O2S. The summed E-state index contributed by atoms with van der Waals surface area (Å²) in [6.07, 6.45) is 4.44. The Morgan fingerprint density at radius 1 is 1.36 bits per heavy atom. The highest BCUT2D eigenvalue weighted by Gasteiger charge is 2.11. The predicted octanol–water partition coefficient (Wildman–Crippen LogP) is 4.16. The van der Waals surface area contributed by atoms with Crippen LogP contribution in [0.2, 0.25) is 5.02 Å². The van der Waals surface area contributed by atoms with Gasteiger partial charge >= 0.3 is 6.03 Å². The van der Waals surface area contributed by atoms with Crippen LogP contribution in [0.4, 0.5) is 4.79 Å². The topological polar surface area (TPSA) is 66.6 Å². The number of thiophene rings is 1. The fraction of sp³-hybridized carbons (Fsp3) is 0.188.